The fraction of sp³-hybridized carbons (Fsp3) is 0.643. The molecule has 0 bridgehead atoms. The number of aryl methyl sites for hydroxylation is 2. The zero-order chi connectivity index (χ0) is 25.2. The molecule has 3 aromatic rings. The van der Waals surface area contributed by atoms with Gasteiger partial charge in [-0.3, -0.25) is 9.69 Å². The molecule has 35 heavy (non-hydrogen) atoms. The van der Waals surface area contributed by atoms with Gasteiger partial charge in [0.05, 0.1) is 11.6 Å². The molecule has 1 fully saturated rings. The van der Waals surface area contributed by atoms with E-state index in [1.54, 1.807) is 0 Å². The normalized spacial score (nSPS) is 16.3. The highest BCUT2D eigenvalue weighted by molar-refractivity contribution is 5.83. The van der Waals surface area contributed by atoms with Gasteiger partial charge in [0.15, 0.2) is 5.82 Å². The summed E-state index contributed by atoms with van der Waals surface area (Å²) in [4.78, 5) is 19.0. The van der Waals surface area contributed by atoms with Gasteiger partial charge in [0.25, 0.3) is 5.56 Å². The molecular formula is C28H42N6O. The first-order chi connectivity index (χ1) is 16.7. The van der Waals surface area contributed by atoms with Crippen molar-refractivity contribution in [3.05, 3.63) is 51.1 Å². The molecule has 4 rings (SSSR count). The van der Waals surface area contributed by atoms with Gasteiger partial charge in [0.2, 0.25) is 0 Å². The summed E-state index contributed by atoms with van der Waals surface area (Å²) < 4.78 is 2.03. The quantitative estimate of drug-likeness (QED) is 0.411. The Hall–Kier alpha value is -2.54. The Balaban J connectivity index is 1.80. The zero-order valence-corrected chi connectivity index (χ0v) is 22.4. The van der Waals surface area contributed by atoms with Gasteiger partial charge >= 0.3 is 0 Å². The van der Waals surface area contributed by atoms with E-state index in [-0.39, 0.29) is 17.1 Å². The molecule has 190 valence electrons. The first-order valence-corrected chi connectivity index (χ1v) is 13.4. The Labute approximate surface area is 209 Å². The number of pyridine rings is 1. The molecule has 1 atom stereocenters. The van der Waals surface area contributed by atoms with Gasteiger partial charge in [-0.25, -0.2) is 4.68 Å². The lowest BCUT2D eigenvalue weighted by atomic mass is 9.91. The zero-order valence-electron chi connectivity index (χ0n) is 22.4. The predicted octanol–water partition coefficient (Wildman–Crippen LogP) is 5.95. The van der Waals surface area contributed by atoms with Gasteiger partial charge in [-0.15, -0.1) is 5.10 Å². The SMILES string of the molecule is CCC[C@@H](c1nnnn1C(C)(C)CC)N(Cc1cc2c(C)cc(C)cc2[nH]c1=O)C1CCCCC1. The summed E-state index contributed by atoms with van der Waals surface area (Å²) in [5, 5.41) is 14.3. The predicted molar refractivity (Wildman–Crippen MR) is 142 cm³/mol. The van der Waals surface area contributed by atoms with Gasteiger partial charge in [0, 0.05) is 29.1 Å². The second kappa shape index (κ2) is 10.6. The highest BCUT2D eigenvalue weighted by atomic mass is 16.1. The van der Waals surface area contributed by atoms with Crippen LogP contribution in [0.15, 0.2) is 23.0 Å². The molecule has 1 saturated carbocycles. The van der Waals surface area contributed by atoms with Crippen molar-refractivity contribution in [1.82, 2.24) is 30.1 Å². The van der Waals surface area contributed by atoms with Crippen LogP contribution in [-0.4, -0.2) is 36.1 Å². The summed E-state index contributed by atoms with van der Waals surface area (Å²) >= 11 is 0. The first kappa shape index (κ1) is 25.5. The Morgan fingerprint density at radius 2 is 1.89 bits per heavy atom. The van der Waals surface area contributed by atoms with E-state index < -0.39 is 0 Å². The maximum absolute atomic E-state index is 13.3. The third-order valence-electron chi connectivity index (χ3n) is 7.98. The van der Waals surface area contributed by atoms with Crippen molar-refractivity contribution in [2.45, 2.75) is 117 Å². The molecule has 0 unspecified atom stereocenters. The molecule has 1 aliphatic carbocycles. The van der Waals surface area contributed by atoms with Crippen molar-refractivity contribution >= 4 is 10.9 Å². The number of hydrogen-bond acceptors (Lipinski definition) is 5. The van der Waals surface area contributed by atoms with Gasteiger partial charge in [0.1, 0.15) is 0 Å². The van der Waals surface area contributed by atoms with Crippen molar-refractivity contribution in [3.8, 4) is 0 Å². The lowest BCUT2D eigenvalue weighted by Gasteiger charge is -2.40. The molecule has 2 heterocycles. The minimum atomic E-state index is -0.168. The maximum Gasteiger partial charge on any atom is 0.252 e. The van der Waals surface area contributed by atoms with Crippen LogP contribution in [0, 0.1) is 13.8 Å². The summed E-state index contributed by atoms with van der Waals surface area (Å²) in [5.74, 6) is 0.924. The van der Waals surface area contributed by atoms with E-state index in [0.29, 0.717) is 12.6 Å². The largest absolute Gasteiger partial charge is 0.322 e. The first-order valence-electron chi connectivity index (χ1n) is 13.4. The topological polar surface area (TPSA) is 79.7 Å². The Kier molecular flexibility index (Phi) is 7.74. The van der Waals surface area contributed by atoms with Crippen molar-refractivity contribution in [2.24, 2.45) is 0 Å². The second-order valence-corrected chi connectivity index (χ2v) is 11.1. The summed E-state index contributed by atoms with van der Waals surface area (Å²) in [6, 6.07) is 6.85. The van der Waals surface area contributed by atoms with Crippen LogP contribution < -0.4 is 5.56 Å². The standard InChI is InChI=1S/C28H42N6O/c1-7-12-25(26-30-31-32-34(26)28(5,6)8-2)33(22-13-10-9-11-14-22)18-21-17-23-20(4)15-19(3)16-24(23)29-27(21)35/h15-17,22,25H,7-14,18H2,1-6H3,(H,29,35)/t25-/m0/s1. The smallest absolute Gasteiger partial charge is 0.252 e. The fourth-order valence-electron chi connectivity index (χ4n) is 5.64. The van der Waals surface area contributed by atoms with E-state index in [2.05, 4.69) is 85.2 Å². The summed E-state index contributed by atoms with van der Waals surface area (Å²) in [7, 11) is 0. The second-order valence-electron chi connectivity index (χ2n) is 11.1. The van der Waals surface area contributed by atoms with Crippen molar-refractivity contribution in [3.63, 3.8) is 0 Å². The number of nitrogens with zero attached hydrogens (tertiary/aromatic N) is 5. The van der Waals surface area contributed by atoms with Crippen LogP contribution in [0.4, 0.5) is 0 Å². The van der Waals surface area contributed by atoms with E-state index >= 15 is 0 Å². The number of hydrogen-bond donors (Lipinski definition) is 1. The minimum absolute atomic E-state index is 0.00652. The van der Waals surface area contributed by atoms with Crippen LogP contribution in [-0.2, 0) is 12.1 Å². The van der Waals surface area contributed by atoms with E-state index in [1.807, 2.05) is 4.68 Å². The molecular weight excluding hydrogens is 436 g/mol. The number of nitrogens with one attached hydrogen (secondary N) is 1. The van der Waals surface area contributed by atoms with Gasteiger partial charge in [-0.1, -0.05) is 45.6 Å². The van der Waals surface area contributed by atoms with E-state index in [0.717, 1.165) is 60.0 Å². The summed E-state index contributed by atoms with van der Waals surface area (Å²) in [5.41, 5.74) is 3.94. The lowest BCUT2D eigenvalue weighted by Crippen LogP contribution is -2.42. The van der Waals surface area contributed by atoms with Gasteiger partial charge in [-0.05, 0) is 87.1 Å². The highest BCUT2D eigenvalue weighted by Gasteiger charge is 2.35. The van der Waals surface area contributed by atoms with Gasteiger partial charge < -0.3 is 4.98 Å². The average molecular weight is 479 g/mol. The third kappa shape index (κ3) is 5.35. The van der Waals surface area contributed by atoms with Crippen molar-refractivity contribution in [2.75, 3.05) is 0 Å². The molecule has 0 saturated heterocycles. The van der Waals surface area contributed by atoms with Crippen LogP contribution in [0.2, 0.25) is 0 Å². The molecule has 0 radical (unpaired) electrons. The van der Waals surface area contributed by atoms with Gasteiger partial charge in [-0.2, -0.15) is 0 Å². The Morgan fingerprint density at radius 3 is 2.57 bits per heavy atom. The summed E-state index contributed by atoms with van der Waals surface area (Å²) in [6.07, 6.45) is 9.00. The molecule has 0 amide bonds. The summed E-state index contributed by atoms with van der Waals surface area (Å²) in [6.45, 7) is 13.6. The van der Waals surface area contributed by atoms with Crippen LogP contribution >= 0.6 is 0 Å². The molecule has 0 aliphatic heterocycles. The van der Waals surface area contributed by atoms with E-state index in [4.69, 9.17) is 0 Å². The average Bonchev–Trinajstić information content (AvgIpc) is 3.33. The molecule has 7 heteroatoms. The maximum atomic E-state index is 13.3. The molecule has 1 N–H and O–H groups in total. The highest BCUT2D eigenvalue weighted by Crippen LogP contribution is 2.35. The molecule has 1 aliphatic rings. The number of H-pyrrole nitrogens is 1. The lowest BCUT2D eigenvalue weighted by molar-refractivity contribution is 0.0770. The van der Waals surface area contributed by atoms with E-state index in [1.165, 1.54) is 24.8 Å². The molecule has 0 spiro atoms. The number of aromatic nitrogens is 5. The van der Waals surface area contributed by atoms with E-state index in [9.17, 15) is 4.79 Å². The van der Waals surface area contributed by atoms with Crippen LogP contribution in [0.3, 0.4) is 0 Å². The number of benzene rings is 1. The van der Waals surface area contributed by atoms with Crippen LogP contribution in [0.1, 0.15) is 108 Å². The molecule has 1 aromatic carbocycles. The minimum Gasteiger partial charge on any atom is -0.322 e. The van der Waals surface area contributed by atoms with Crippen molar-refractivity contribution < 1.29 is 0 Å². The van der Waals surface area contributed by atoms with Crippen molar-refractivity contribution in [1.29, 1.82) is 0 Å². The molecule has 7 nitrogen and oxygen atoms in total. The Morgan fingerprint density at radius 1 is 1.14 bits per heavy atom. The third-order valence-corrected chi connectivity index (χ3v) is 7.98. The number of aromatic amines is 1. The molecule has 2 aromatic heterocycles. The van der Waals surface area contributed by atoms with Crippen LogP contribution in [0.5, 0.6) is 0 Å². The number of fused-ring (bicyclic) bond motifs is 1. The monoisotopic (exact) mass is 478 g/mol. The van der Waals surface area contributed by atoms with Crippen LogP contribution in [0.25, 0.3) is 10.9 Å². The number of rotatable bonds is 9. The number of tetrazole rings is 1. The Bertz CT molecular complexity index is 1200. The fourth-order valence-corrected chi connectivity index (χ4v) is 5.64.